The van der Waals surface area contributed by atoms with E-state index in [0.29, 0.717) is 34.3 Å². The van der Waals surface area contributed by atoms with E-state index in [1.165, 1.54) is 46.5 Å². The Balaban J connectivity index is 2.04. The first kappa shape index (κ1) is 24.4. The predicted octanol–water partition coefficient (Wildman–Crippen LogP) is 3.84. The van der Waals surface area contributed by atoms with Crippen LogP contribution in [-0.2, 0) is 4.79 Å². The Hall–Kier alpha value is -3.73. The highest BCUT2D eigenvalue weighted by molar-refractivity contribution is 7.99. The van der Waals surface area contributed by atoms with Crippen LogP contribution in [0.1, 0.15) is 45.3 Å². The largest absolute Gasteiger partial charge is 0.493 e. The molecule has 4 rings (SSSR count). The van der Waals surface area contributed by atoms with Gasteiger partial charge in [-0.05, 0) is 36.2 Å². The molecule has 0 fully saturated rings. The molecular formula is C24H26N5O5S+. The Bertz CT molecular complexity index is 1340. The molecule has 1 N–H and O–H groups in total. The number of aromatic nitrogens is 3. The maximum absolute atomic E-state index is 13.3. The molecule has 35 heavy (non-hydrogen) atoms. The predicted molar refractivity (Wildman–Crippen MR) is 132 cm³/mol. The van der Waals surface area contributed by atoms with Crippen LogP contribution in [-0.4, -0.2) is 33.3 Å². The number of nitro benzene ring substituents is 1. The van der Waals surface area contributed by atoms with Crippen LogP contribution in [0.4, 0.5) is 11.4 Å². The number of non-ortho nitro benzene ring substituents is 1. The Morgan fingerprint density at radius 3 is 2.74 bits per heavy atom. The SMILES string of the molecule is CCCCSc1n[n+]2c(c(=O)[nH]1)-c1ccccc1N(C(C)=O)[C@H]2c1cc([N+](=O)[O-])ccc1OCC. The fraction of sp³-hybridized carbons (Fsp3) is 0.333. The van der Waals surface area contributed by atoms with Gasteiger partial charge < -0.3 is 4.74 Å². The average molecular weight is 497 g/mol. The molecule has 1 amide bonds. The van der Waals surface area contributed by atoms with Gasteiger partial charge in [0.25, 0.3) is 11.9 Å². The van der Waals surface area contributed by atoms with Crippen LogP contribution in [0.5, 0.6) is 5.75 Å². The highest BCUT2D eigenvalue weighted by atomic mass is 32.2. The normalized spacial score (nSPS) is 14.3. The van der Waals surface area contributed by atoms with Gasteiger partial charge in [0.05, 0.1) is 28.3 Å². The van der Waals surface area contributed by atoms with Crippen molar-refractivity contribution in [3.05, 3.63) is 68.5 Å². The summed E-state index contributed by atoms with van der Waals surface area (Å²) in [5.74, 6) is 0.823. The van der Waals surface area contributed by atoms with Crippen molar-refractivity contribution in [3.63, 3.8) is 0 Å². The first-order valence-corrected chi connectivity index (χ1v) is 12.3. The minimum atomic E-state index is -0.966. The van der Waals surface area contributed by atoms with Crippen molar-refractivity contribution in [1.29, 1.82) is 0 Å². The van der Waals surface area contributed by atoms with Gasteiger partial charge in [0.1, 0.15) is 5.75 Å². The van der Waals surface area contributed by atoms with Crippen molar-refractivity contribution in [2.24, 2.45) is 0 Å². The number of nitro groups is 1. The first-order valence-electron chi connectivity index (χ1n) is 11.4. The van der Waals surface area contributed by atoms with Crippen LogP contribution in [0.3, 0.4) is 0 Å². The third-order valence-electron chi connectivity index (χ3n) is 5.62. The van der Waals surface area contributed by atoms with Gasteiger partial charge in [0, 0.05) is 29.9 Å². The van der Waals surface area contributed by atoms with Crippen molar-refractivity contribution in [2.75, 3.05) is 17.3 Å². The monoisotopic (exact) mass is 496 g/mol. The third-order valence-corrected chi connectivity index (χ3v) is 6.57. The zero-order valence-corrected chi connectivity index (χ0v) is 20.5. The third kappa shape index (κ3) is 4.63. The number of hydrogen-bond donors (Lipinski definition) is 1. The summed E-state index contributed by atoms with van der Waals surface area (Å²) in [6, 6.07) is 11.3. The van der Waals surface area contributed by atoms with Gasteiger partial charge in [-0.25, -0.2) is 4.90 Å². The van der Waals surface area contributed by atoms with Crippen LogP contribution in [0.2, 0.25) is 0 Å². The second-order valence-electron chi connectivity index (χ2n) is 7.95. The van der Waals surface area contributed by atoms with Crippen molar-refractivity contribution < 1.29 is 19.1 Å². The lowest BCUT2D eigenvalue weighted by molar-refractivity contribution is -0.763. The van der Waals surface area contributed by atoms with Crippen LogP contribution < -0.4 is 19.9 Å². The number of fused-ring (bicyclic) bond motifs is 3. The van der Waals surface area contributed by atoms with Gasteiger partial charge in [-0.3, -0.25) is 24.7 Å². The summed E-state index contributed by atoms with van der Waals surface area (Å²) in [6.07, 6.45) is 0.975. The lowest BCUT2D eigenvalue weighted by Crippen LogP contribution is -2.60. The van der Waals surface area contributed by atoms with Crippen molar-refractivity contribution in [1.82, 2.24) is 10.1 Å². The van der Waals surface area contributed by atoms with E-state index in [0.717, 1.165) is 18.6 Å². The van der Waals surface area contributed by atoms with Gasteiger partial charge in [0.15, 0.2) is 0 Å². The molecule has 0 spiro atoms. The molecule has 0 unspecified atom stereocenters. The standard InChI is InChI=1S/C24H25N5O5S/c1-4-6-13-35-24-25-22(31)21-17-9-7-8-10-19(17)27(15(3)30)23(28(21)26-24)18-14-16(29(32)33)11-12-20(18)34-5-2/h7-12,14,23H,4-6,13H2,1-3H3/p+1/t23-/m1/s1. The number of unbranched alkanes of at least 4 members (excludes halogenated alkanes) is 1. The molecular weight excluding hydrogens is 470 g/mol. The van der Waals surface area contributed by atoms with Gasteiger partial charge in [-0.2, -0.15) is 0 Å². The number of ether oxygens (including phenoxy) is 1. The number of thioether (sulfide) groups is 1. The molecule has 1 aliphatic heterocycles. The number of nitrogens with one attached hydrogen (secondary N) is 1. The number of carbonyl (C=O) groups is 1. The van der Waals surface area contributed by atoms with Gasteiger partial charge in [0.2, 0.25) is 11.1 Å². The Labute approximate surface area is 206 Å². The minimum Gasteiger partial charge on any atom is -0.493 e. The second kappa shape index (κ2) is 10.3. The molecule has 2 heterocycles. The van der Waals surface area contributed by atoms with Gasteiger partial charge in [-0.15, -0.1) is 0 Å². The molecule has 182 valence electrons. The molecule has 0 aliphatic carbocycles. The number of anilines is 1. The van der Waals surface area contributed by atoms with Crippen LogP contribution in [0, 0.1) is 10.1 Å². The summed E-state index contributed by atoms with van der Waals surface area (Å²) in [4.78, 5) is 41.9. The van der Waals surface area contributed by atoms with Crippen molar-refractivity contribution in [3.8, 4) is 17.0 Å². The number of aromatic amines is 1. The fourth-order valence-corrected chi connectivity index (χ4v) is 5.05. The van der Waals surface area contributed by atoms with Crippen LogP contribution in [0.15, 0.2) is 52.4 Å². The van der Waals surface area contributed by atoms with Crippen molar-refractivity contribution in [2.45, 2.75) is 44.9 Å². The van der Waals surface area contributed by atoms with E-state index in [1.807, 2.05) is 0 Å². The maximum atomic E-state index is 13.3. The number of H-pyrrole nitrogens is 1. The van der Waals surface area contributed by atoms with E-state index in [4.69, 9.17) is 9.84 Å². The Morgan fingerprint density at radius 1 is 1.29 bits per heavy atom. The lowest BCUT2D eigenvalue weighted by Gasteiger charge is -2.31. The summed E-state index contributed by atoms with van der Waals surface area (Å²) < 4.78 is 7.29. The number of amides is 1. The lowest BCUT2D eigenvalue weighted by atomic mass is 10.0. The number of nitrogens with zero attached hydrogens (tertiary/aromatic N) is 4. The molecule has 0 bridgehead atoms. The fourth-order valence-electron chi connectivity index (χ4n) is 4.11. The van der Waals surface area contributed by atoms with E-state index in [2.05, 4.69) is 11.9 Å². The number of benzene rings is 2. The number of carbonyl (C=O) groups excluding carboxylic acids is 1. The molecule has 3 aromatic rings. The quantitative estimate of drug-likeness (QED) is 0.165. The van der Waals surface area contributed by atoms with E-state index < -0.39 is 11.1 Å². The van der Waals surface area contributed by atoms with E-state index in [-0.39, 0.29) is 22.8 Å². The van der Waals surface area contributed by atoms with Gasteiger partial charge in [-0.1, -0.05) is 37.2 Å². The van der Waals surface area contributed by atoms with Gasteiger partial charge >= 0.3 is 11.3 Å². The van der Waals surface area contributed by atoms with Crippen molar-refractivity contribution >= 4 is 29.0 Å². The molecule has 1 aromatic heterocycles. The summed E-state index contributed by atoms with van der Waals surface area (Å²) in [6.45, 7) is 5.61. The zero-order chi connectivity index (χ0) is 25.1. The van der Waals surface area contributed by atoms with Crippen LogP contribution in [0.25, 0.3) is 11.3 Å². The van der Waals surface area contributed by atoms with E-state index >= 15 is 0 Å². The molecule has 1 aliphatic rings. The number of para-hydroxylation sites is 1. The second-order valence-corrected chi connectivity index (χ2v) is 9.03. The zero-order valence-electron chi connectivity index (χ0n) is 19.7. The average Bonchev–Trinajstić information content (AvgIpc) is 2.83. The Kier molecular flexibility index (Phi) is 7.15. The highest BCUT2D eigenvalue weighted by Crippen LogP contribution is 2.40. The smallest absolute Gasteiger partial charge is 0.325 e. The molecule has 10 nitrogen and oxygen atoms in total. The van der Waals surface area contributed by atoms with E-state index in [9.17, 15) is 19.7 Å². The Morgan fingerprint density at radius 2 is 2.06 bits per heavy atom. The summed E-state index contributed by atoms with van der Waals surface area (Å²) in [7, 11) is 0. The molecule has 1 atom stereocenters. The summed E-state index contributed by atoms with van der Waals surface area (Å²) in [5, 5.41) is 16.7. The molecule has 0 radical (unpaired) electrons. The summed E-state index contributed by atoms with van der Waals surface area (Å²) in [5.41, 5.74) is 1.16. The molecule has 0 saturated carbocycles. The van der Waals surface area contributed by atoms with E-state index in [1.54, 1.807) is 31.2 Å². The minimum absolute atomic E-state index is 0.157. The molecule has 2 aromatic carbocycles. The highest BCUT2D eigenvalue weighted by Gasteiger charge is 2.46. The van der Waals surface area contributed by atoms with Crippen LogP contribution >= 0.6 is 11.8 Å². The molecule has 11 heteroatoms. The molecule has 0 saturated heterocycles. The topological polar surface area (TPSA) is 122 Å². The number of rotatable bonds is 8. The number of hydrogen-bond acceptors (Lipinski definition) is 7. The summed E-state index contributed by atoms with van der Waals surface area (Å²) >= 11 is 1.41. The maximum Gasteiger partial charge on any atom is 0.325 e. The first-order chi connectivity index (χ1) is 16.9.